The summed E-state index contributed by atoms with van der Waals surface area (Å²) >= 11 is 6.73. The fourth-order valence-electron chi connectivity index (χ4n) is 6.48. The average Bonchev–Trinajstić information content (AvgIpc) is 3.35. The Morgan fingerprint density at radius 2 is 1.11 bits per heavy atom. The van der Waals surface area contributed by atoms with Gasteiger partial charge in [-0.1, -0.05) is 41.9 Å². The lowest BCUT2D eigenvalue weighted by atomic mass is 9.85. The number of carbonyl (C=O) groups excluding carboxylic acids is 2. The highest BCUT2D eigenvalue weighted by Gasteiger charge is 2.91. The Morgan fingerprint density at radius 1 is 0.658 bits per heavy atom. The number of hydrogen-bond donors (Lipinski definition) is 0. The molecule has 38 heavy (non-hydrogen) atoms. The fourth-order valence-corrected chi connectivity index (χ4v) is 6.72. The van der Waals surface area contributed by atoms with Crippen molar-refractivity contribution in [2.45, 2.75) is 47.5 Å². The first kappa shape index (κ1) is 24.6. The van der Waals surface area contributed by atoms with E-state index < -0.39 is 16.7 Å². The van der Waals surface area contributed by atoms with Crippen molar-refractivity contribution in [2.24, 2.45) is 21.0 Å². The summed E-state index contributed by atoms with van der Waals surface area (Å²) in [4.78, 5) is 29.1. The summed E-state index contributed by atoms with van der Waals surface area (Å²) in [7, 11) is 0. The number of aryl methyl sites for hydroxylation is 4. The zero-order valence-electron chi connectivity index (χ0n) is 22.3. The molecule has 0 unspecified atom stereocenters. The van der Waals surface area contributed by atoms with Crippen LogP contribution in [0.25, 0.3) is 0 Å². The van der Waals surface area contributed by atoms with E-state index in [4.69, 9.17) is 21.8 Å². The molecule has 0 bridgehead atoms. The van der Waals surface area contributed by atoms with Gasteiger partial charge >= 0.3 is 0 Å². The normalized spacial score (nSPS) is 26.0. The average molecular weight is 525 g/mol. The van der Waals surface area contributed by atoms with Crippen LogP contribution in [-0.4, -0.2) is 23.2 Å². The first-order chi connectivity index (χ1) is 18.1. The molecule has 1 saturated carbocycles. The summed E-state index contributed by atoms with van der Waals surface area (Å²) in [5.74, 6) is -0.981. The molecule has 7 heteroatoms. The van der Waals surface area contributed by atoms with Crippen LogP contribution in [0, 0.1) is 38.5 Å². The van der Waals surface area contributed by atoms with Gasteiger partial charge in [0.2, 0.25) is 0 Å². The van der Waals surface area contributed by atoms with Gasteiger partial charge in [0.25, 0.3) is 11.8 Å². The molecule has 0 saturated heterocycles. The van der Waals surface area contributed by atoms with Crippen LogP contribution in [0.5, 0.6) is 0 Å². The monoisotopic (exact) mass is 524 g/mol. The third kappa shape index (κ3) is 2.89. The van der Waals surface area contributed by atoms with Crippen molar-refractivity contribution < 1.29 is 9.59 Å². The molecule has 0 N–H and O–H groups in total. The molecule has 6 nitrogen and oxygen atoms in total. The molecular formula is C31H29ClN4O2. The maximum absolute atomic E-state index is 14.5. The van der Waals surface area contributed by atoms with Crippen molar-refractivity contribution in [1.82, 2.24) is 0 Å². The molecule has 3 aromatic carbocycles. The van der Waals surface area contributed by atoms with E-state index in [1.165, 1.54) is 10.0 Å². The molecular weight excluding hydrogens is 496 g/mol. The van der Waals surface area contributed by atoms with Gasteiger partial charge in [-0.3, -0.25) is 9.59 Å². The minimum absolute atomic E-state index is 0.229. The molecule has 6 rings (SSSR count). The van der Waals surface area contributed by atoms with Crippen LogP contribution in [0.4, 0.5) is 11.4 Å². The minimum atomic E-state index is -1.21. The molecule has 1 fully saturated rings. The van der Waals surface area contributed by atoms with Crippen LogP contribution in [0.2, 0.25) is 5.02 Å². The van der Waals surface area contributed by atoms with E-state index in [-0.39, 0.29) is 11.8 Å². The molecule has 2 atom stereocenters. The van der Waals surface area contributed by atoms with Gasteiger partial charge in [0.15, 0.2) is 0 Å². The summed E-state index contributed by atoms with van der Waals surface area (Å²) in [5, 5.41) is 13.0. The van der Waals surface area contributed by atoms with Crippen LogP contribution >= 0.6 is 11.6 Å². The summed E-state index contributed by atoms with van der Waals surface area (Å²) in [6.45, 7) is 11.8. The molecule has 2 heterocycles. The second-order valence-electron chi connectivity index (χ2n) is 10.7. The quantitative estimate of drug-likeness (QED) is 0.393. The van der Waals surface area contributed by atoms with Crippen LogP contribution in [-0.2, 0) is 9.59 Å². The Balaban J connectivity index is 1.53. The topological polar surface area (TPSA) is 65.3 Å². The van der Waals surface area contributed by atoms with Gasteiger partial charge in [-0.25, -0.2) is 0 Å². The molecule has 2 spiro atoms. The Hall–Kier alpha value is -3.77. The lowest BCUT2D eigenvalue weighted by Crippen LogP contribution is -2.40. The van der Waals surface area contributed by atoms with Gasteiger partial charge in [0, 0.05) is 10.9 Å². The van der Waals surface area contributed by atoms with Gasteiger partial charge in [0.1, 0.15) is 10.8 Å². The first-order valence-electron chi connectivity index (χ1n) is 12.8. The minimum Gasteiger partial charge on any atom is -0.271 e. The summed E-state index contributed by atoms with van der Waals surface area (Å²) < 4.78 is 0. The van der Waals surface area contributed by atoms with E-state index in [1.807, 2.05) is 96.1 Å². The van der Waals surface area contributed by atoms with Crippen LogP contribution in [0.3, 0.4) is 0 Å². The van der Waals surface area contributed by atoms with Crippen molar-refractivity contribution in [3.63, 3.8) is 0 Å². The number of hydrogen-bond acceptors (Lipinski definition) is 4. The zero-order chi connectivity index (χ0) is 27.1. The molecule has 1 aliphatic carbocycles. The largest absolute Gasteiger partial charge is 0.271 e. The molecule has 3 aromatic rings. The fraction of sp³-hybridized carbons (Fsp3) is 0.290. The smallest absolute Gasteiger partial charge is 0.261 e. The van der Waals surface area contributed by atoms with E-state index in [2.05, 4.69) is 0 Å². The van der Waals surface area contributed by atoms with Crippen molar-refractivity contribution in [1.29, 1.82) is 0 Å². The second-order valence-corrected chi connectivity index (χ2v) is 11.1. The van der Waals surface area contributed by atoms with Gasteiger partial charge in [-0.05, 0) is 99.7 Å². The van der Waals surface area contributed by atoms with Gasteiger partial charge < -0.3 is 0 Å². The Morgan fingerprint density at radius 3 is 1.53 bits per heavy atom. The molecule has 192 valence electrons. The number of halogens is 1. The van der Waals surface area contributed by atoms with E-state index >= 15 is 0 Å². The Kier molecular flexibility index (Phi) is 5.24. The highest BCUT2D eigenvalue weighted by molar-refractivity contribution is 6.38. The number of benzene rings is 3. The number of nitrogens with zero attached hydrogens (tertiary/aromatic N) is 4. The number of hydrazone groups is 2. The predicted molar refractivity (Wildman–Crippen MR) is 152 cm³/mol. The third-order valence-corrected chi connectivity index (χ3v) is 9.14. The van der Waals surface area contributed by atoms with Crippen molar-refractivity contribution in [2.75, 3.05) is 10.0 Å². The summed E-state index contributed by atoms with van der Waals surface area (Å²) in [6, 6.07) is 19.1. The van der Waals surface area contributed by atoms with E-state index in [0.717, 1.165) is 27.8 Å². The number of anilines is 2. The standard InChI is InChI=1S/C31H29ClN4O2/c1-17-11-13-23(15-19(17)3)35-28(37)30(21(5)33-35)27(25-9-7-8-10-26(25)32)31(30)22(6)34-36(29(31)38)24-14-12-18(2)20(4)16-24/h7-16,27H,1-6H3/t30-,31-/m1/s1. The third-order valence-electron chi connectivity index (χ3n) is 8.79. The van der Waals surface area contributed by atoms with Crippen LogP contribution in [0.1, 0.15) is 47.6 Å². The maximum Gasteiger partial charge on any atom is 0.261 e. The SMILES string of the molecule is CC1=NN(c2ccc(C)c(C)c2)C(=O)[C@]12C(c1ccccc1Cl)[C@]21C(=O)N(c2ccc(C)c(C)c2)N=C1C. The zero-order valence-corrected chi connectivity index (χ0v) is 23.1. The summed E-state index contributed by atoms with van der Waals surface area (Å²) in [6.07, 6.45) is 0. The Labute approximate surface area is 227 Å². The summed E-state index contributed by atoms with van der Waals surface area (Å²) in [5.41, 5.74) is 5.26. The molecule has 0 radical (unpaired) electrons. The van der Waals surface area contributed by atoms with Crippen molar-refractivity contribution in [3.05, 3.63) is 93.5 Å². The number of amides is 2. The predicted octanol–water partition coefficient (Wildman–Crippen LogP) is 6.49. The highest BCUT2D eigenvalue weighted by atomic mass is 35.5. The van der Waals surface area contributed by atoms with Gasteiger partial charge in [-0.2, -0.15) is 20.2 Å². The van der Waals surface area contributed by atoms with Gasteiger partial charge in [0.05, 0.1) is 22.8 Å². The van der Waals surface area contributed by atoms with Crippen LogP contribution < -0.4 is 10.0 Å². The number of rotatable bonds is 3. The van der Waals surface area contributed by atoms with E-state index in [1.54, 1.807) is 6.07 Å². The highest BCUT2D eigenvalue weighted by Crippen LogP contribution is 2.79. The lowest BCUT2D eigenvalue weighted by molar-refractivity contribution is -0.126. The molecule has 2 amide bonds. The Bertz CT molecular complexity index is 1530. The maximum atomic E-state index is 14.5. The van der Waals surface area contributed by atoms with Crippen molar-refractivity contribution in [3.8, 4) is 0 Å². The van der Waals surface area contributed by atoms with E-state index in [0.29, 0.717) is 27.8 Å². The first-order valence-corrected chi connectivity index (χ1v) is 13.1. The van der Waals surface area contributed by atoms with Crippen molar-refractivity contribution >= 4 is 46.2 Å². The second kappa shape index (κ2) is 8.11. The number of fused-ring (bicyclic) bond motifs is 1. The number of carbonyl (C=O) groups is 2. The molecule has 2 aliphatic heterocycles. The molecule has 0 aromatic heterocycles. The van der Waals surface area contributed by atoms with E-state index in [9.17, 15) is 9.59 Å². The lowest BCUT2D eigenvalue weighted by Gasteiger charge is -2.19. The molecule has 3 aliphatic rings. The van der Waals surface area contributed by atoms with Gasteiger partial charge in [-0.15, -0.1) is 0 Å². The van der Waals surface area contributed by atoms with Crippen LogP contribution in [0.15, 0.2) is 70.9 Å².